The fourth-order valence-corrected chi connectivity index (χ4v) is 2.79. The van der Waals surface area contributed by atoms with E-state index < -0.39 is 5.54 Å². The first kappa shape index (κ1) is 17.4. The molecule has 0 radical (unpaired) electrons. The molecule has 1 aliphatic heterocycles. The molecule has 0 aliphatic carbocycles. The third kappa shape index (κ3) is 5.77. The minimum absolute atomic E-state index is 0.295. The summed E-state index contributed by atoms with van der Waals surface area (Å²) < 4.78 is 10.2. The highest BCUT2D eigenvalue weighted by molar-refractivity contribution is 5.79. The average molecular weight is 286 g/mol. The highest BCUT2D eigenvalue weighted by atomic mass is 16.5. The van der Waals surface area contributed by atoms with E-state index in [9.17, 15) is 4.79 Å². The van der Waals surface area contributed by atoms with Gasteiger partial charge in [-0.05, 0) is 58.5 Å². The van der Waals surface area contributed by atoms with Gasteiger partial charge in [-0.25, -0.2) is 0 Å². The molecule has 1 rings (SSSR count). The van der Waals surface area contributed by atoms with E-state index >= 15 is 0 Å². The van der Waals surface area contributed by atoms with Crippen LogP contribution in [-0.2, 0) is 14.3 Å². The smallest absolute Gasteiger partial charge is 0.325 e. The maximum Gasteiger partial charge on any atom is 0.325 e. The molecule has 0 aromatic heterocycles. The van der Waals surface area contributed by atoms with Gasteiger partial charge >= 0.3 is 5.97 Å². The van der Waals surface area contributed by atoms with Gasteiger partial charge in [0.05, 0.1) is 13.2 Å². The lowest BCUT2D eigenvalue weighted by Gasteiger charge is -2.33. The monoisotopic (exact) mass is 286 g/mol. The van der Waals surface area contributed by atoms with Crippen LogP contribution in [0.5, 0.6) is 0 Å². The number of rotatable bonds is 8. The SMILES string of the molecule is CCOC(=O)C(C)(N)CCCN1CCCC(COC)C1. The second kappa shape index (κ2) is 8.60. The molecule has 1 saturated heterocycles. The van der Waals surface area contributed by atoms with E-state index in [2.05, 4.69) is 4.90 Å². The third-order valence-corrected chi connectivity index (χ3v) is 3.92. The lowest BCUT2D eigenvalue weighted by Crippen LogP contribution is -2.47. The van der Waals surface area contributed by atoms with Crippen molar-refractivity contribution in [3.63, 3.8) is 0 Å². The van der Waals surface area contributed by atoms with Gasteiger partial charge in [-0.1, -0.05) is 0 Å². The number of hydrogen-bond donors (Lipinski definition) is 1. The summed E-state index contributed by atoms with van der Waals surface area (Å²) in [6.07, 6.45) is 4.07. The number of carbonyl (C=O) groups excluding carboxylic acids is 1. The van der Waals surface area contributed by atoms with Crippen LogP contribution in [0.2, 0.25) is 0 Å². The quantitative estimate of drug-likeness (QED) is 0.683. The number of hydrogen-bond acceptors (Lipinski definition) is 5. The van der Waals surface area contributed by atoms with Crippen molar-refractivity contribution in [1.29, 1.82) is 0 Å². The van der Waals surface area contributed by atoms with E-state index in [1.54, 1.807) is 21.0 Å². The number of methoxy groups -OCH3 is 1. The minimum atomic E-state index is -0.863. The van der Waals surface area contributed by atoms with Crippen LogP contribution >= 0.6 is 0 Å². The Balaban J connectivity index is 2.27. The first-order chi connectivity index (χ1) is 9.49. The Morgan fingerprint density at radius 1 is 1.50 bits per heavy atom. The number of piperidine rings is 1. The van der Waals surface area contributed by atoms with Crippen molar-refractivity contribution >= 4 is 5.97 Å². The van der Waals surface area contributed by atoms with Gasteiger partial charge in [0.2, 0.25) is 0 Å². The van der Waals surface area contributed by atoms with E-state index in [4.69, 9.17) is 15.2 Å². The Morgan fingerprint density at radius 3 is 2.90 bits per heavy atom. The summed E-state index contributed by atoms with van der Waals surface area (Å²) in [4.78, 5) is 14.2. The van der Waals surface area contributed by atoms with Gasteiger partial charge in [-0.2, -0.15) is 0 Å². The first-order valence-corrected chi connectivity index (χ1v) is 7.67. The molecular formula is C15H30N2O3. The van der Waals surface area contributed by atoms with E-state index in [0.29, 0.717) is 18.9 Å². The van der Waals surface area contributed by atoms with Crippen molar-refractivity contribution in [1.82, 2.24) is 4.90 Å². The van der Waals surface area contributed by atoms with Gasteiger partial charge in [0.25, 0.3) is 0 Å². The molecule has 2 atom stereocenters. The highest BCUT2D eigenvalue weighted by Gasteiger charge is 2.29. The Labute approximate surface area is 122 Å². The topological polar surface area (TPSA) is 64.8 Å². The number of nitrogens with two attached hydrogens (primary N) is 1. The fourth-order valence-electron chi connectivity index (χ4n) is 2.79. The predicted octanol–water partition coefficient (Wildman–Crippen LogP) is 1.41. The van der Waals surface area contributed by atoms with Crippen LogP contribution in [0.3, 0.4) is 0 Å². The molecule has 0 aromatic rings. The van der Waals surface area contributed by atoms with Crippen LogP contribution in [0.15, 0.2) is 0 Å². The zero-order valence-electron chi connectivity index (χ0n) is 13.2. The van der Waals surface area contributed by atoms with Gasteiger partial charge in [0.15, 0.2) is 0 Å². The van der Waals surface area contributed by atoms with Crippen LogP contribution in [-0.4, -0.2) is 56.4 Å². The third-order valence-electron chi connectivity index (χ3n) is 3.92. The van der Waals surface area contributed by atoms with Gasteiger partial charge in [-0.15, -0.1) is 0 Å². The number of carbonyl (C=O) groups is 1. The lowest BCUT2D eigenvalue weighted by atomic mass is 9.95. The summed E-state index contributed by atoms with van der Waals surface area (Å²) >= 11 is 0. The fraction of sp³-hybridized carbons (Fsp3) is 0.933. The number of nitrogens with zero attached hydrogens (tertiary/aromatic N) is 1. The highest BCUT2D eigenvalue weighted by Crippen LogP contribution is 2.18. The summed E-state index contributed by atoms with van der Waals surface area (Å²) in [5.41, 5.74) is 5.16. The van der Waals surface area contributed by atoms with Crippen LogP contribution < -0.4 is 5.73 Å². The Kier molecular flexibility index (Phi) is 7.48. The molecule has 20 heavy (non-hydrogen) atoms. The molecule has 2 N–H and O–H groups in total. The lowest BCUT2D eigenvalue weighted by molar-refractivity contribution is -0.149. The van der Waals surface area contributed by atoms with Crippen LogP contribution in [0, 0.1) is 5.92 Å². The van der Waals surface area contributed by atoms with Crippen LogP contribution in [0.1, 0.15) is 39.5 Å². The number of likely N-dealkylation sites (tertiary alicyclic amines) is 1. The van der Waals surface area contributed by atoms with Gasteiger partial charge in [0.1, 0.15) is 5.54 Å². The predicted molar refractivity (Wildman–Crippen MR) is 79.5 cm³/mol. The van der Waals surface area contributed by atoms with E-state index in [0.717, 1.165) is 32.7 Å². The van der Waals surface area contributed by atoms with Crippen LogP contribution in [0.4, 0.5) is 0 Å². The molecule has 5 nitrogen and oxygen atoms in total. The Bertz CT molecular complexity index is 293. The molecule has 0 saturated carbocycles. The van der Waals surface area contributed by atoms with E-state index in [1.807, 2.05) is 0 Å². The van der Waals surface area contributed by atoms with Crippen molar-refractivity contribution in [2.45, 2.75) is 45.1 Å². The first-order valence-electron chi connectivity index (χ1n) is 7.67. The second-order valence-electron chi connectivity index (χ2n) is 6.01. The van der Waals surface area contributed by atoms with Crippen molar-refractivity contribution < 1.29 is 14.3 Å². The summed E-state index contributed by atoms with van der Waals surface area (Å²) in [7, 11) is 1.76. The van der Waals surface area contributed by atoms with Crippen LogP contribution in [0.25, 0.3) is 0 Å². The standard InChI is InChI=1S/C15H30N2O3/c1-4-20-14(18)15(2,16)8-6-10-17-9-5-7-13(11-17)12-19-3/h13H,4-12,16H2,1-3H3. The zero-order valence-corrected chi connectivity index (χ0v) is 13.2. The maximum atomic E-state index is 11.7. The van der Waals surface area contributed by atoms with Gasteiger partial charge in [-0.3, -0.25) is 4.79 Å². The Morgan fingerprint density at radius 2 is 2.25 bits per heavy atom. The molecule has 1 heterocycles. The molecule has 0 amide bonds. The summed E-state index contributed by atoms with van der Waals surface area (Å²) in [5, 5.41) is 0. The molecule has 1 fully saturated rings. The number of ether oxygens (including phenoxy) is 2. The number of esters is 1. The Hall–Kier alpha value is -0.650. The largest absolute Gasteiger partial charge is 0.465 e. The molecule has 0 bridgehead atoms. The summed E-state index contributed by atoms with van der Waals surface area (Å²) in [6.45, 7) is 8.01. The summed E-state index contributed by atoms with van der Waals surface area (Å²) in [5.74, 6) is 0.346. The molecular weight excluding hydrogens is 256 g/mol. The van der Waals surface area contributed by atoms with Crippen molar-refractivity contribution in [3.05, 3.63) is 0 Å². The van der Waals surface area contributed by atoms with Crippen molar-refractivity contribution in [3.8, 4) is 0 Å². The molecule has 118 valence electrons. The van der Waals surface area contributed by atoms with Gasteiger partial charge in [0, 0.05) is 13.7 Å². The van der Waals surface area contributed by atoms with Gasteiger partial charge < -0.3 is 20.1 Å². The second-order valence-corrected chi connectivity index (χ2v) is 6.01. The molecule has 0 aromatic carbocycles. The molecule has 0 spiro atoms. The normalized spacial score (nSPS) is 23.3. The zero-order chi connectivity index (χ0) is 15.0. The maximum absolute atomic E-state index is 11.7. The molecule has 2 unspecified atom stereocenters. The molecule has 1 aliphatic rings. The van der Waals surface area contributed by atoms with E-state index in [1.165, 1.54) is 12.8 Å². The average Bonchev–Trinajstić information content (AvgIpc) is 2.39. The minimum Gasteiger partial charge on any atom is -0.465 e. The summed E-state index contributed by atoms with van der Waals surface area (Å²) in [6, 6.07) is 0. The van der Waals surface area contributed by atoms with E-state index in [-0.39, 0.29) is 5.97 Å². The van der Waals surface area contributed by atoms with Crippen molar-refractivity contribution in [2.75, 3.05) is 40.0 Å². The van der Waals surface area contributed by atoms with Crippen molar-refractivity contribution in [2.24, 2.45) is 11.7 Å². The molecule has 5 heteroatoms.